The van der Waals surface area contributed by atoms with Crippen molar-refractivity contribution < 1.29 is 14.4 Å². The highest BCUT2D eigenvalue weighted by Crippen LogP contribution is 2.35. The molecule has 7 heteroatoms. The second-order valence-corrected chi connectivity index (χ2v) is 7.05. The van der Waals surface area contributed by atoms with Gasteiger partial charge in [-0.3, -0.25) is 9.69 Å². The van der Waals surface area contributed by atoms with Crippen LogP contribution < -0.4 is 10.6 Å². The van der Waals surface area contributed by atoms with Gasteiger partial charge in [0.1, 0.15) is 0 Å². The van der Waals surface area contributed by atoms with E-state index in [1.807, 2.05) is 24.3 Å². The van der Waals surface area contributed by atoms with Crippen molar-refractivity contribution in [3.63, 3.8) is 0 Å². The molecule has 25 heavy (non-hydrogen) atoms. The number of hydrogen-bond donors (Lipinski definition) is 2. The summed E-state index contributed by atoms with van der Waals surface area (Å²) in [7, 11) is 0. The Labute approximate surface area is 146 Å². The van der Waals surface area contributed by atoms with Crippen molar-refractivity contribution >= 4 is 18.0 Å². The van der Waals surface area contributed by atoms with Crippen LogP contribution in [0.4, 0.5) is 9.59 Å². The van der Waals surface area contributed by atoms with Gasteiger partial charge in [0.15, 0.2) is 0 Å². The van der Waals surface area contributed by atoms with Crippen molar-refractivity contribution in [2.45, 2.75) is 38.4 Å². The minimum atomic E-state index is -0.286. The number of nitrogens with one attached hydrogen (secondary N) is 2. The van der Waals surface area contributed by atoms with Crippen LogP contribution in [0.2, 0.25) is 0 Å². The number of carbonyl (C=O) groups excluding carboxylic acids is 3. The average molecular weight is 342 g/mol. The molecule has 4 rings (SSSR count). The summed E-state index contributed by atoms with van der Waals surface area (Å²) in [6.07, 6.45) is 2.61. The highest BCUT2D eigenvalue weighted by molar-refractivity contribution is 5.97. The van der Waals surface area contributed by atoms with Gasteiger partial charge in [-0.05, 0) is 29.9 Å². The summed E-state index contributed by atoms with van der Waals surface area (Å²) in [5.41, 5.74) is 1.94. The van der Waals surface area contributed by atoms with Gasteiger partial charge in [0.25, 0.3) is 0 Å². The van der Waals surface area contributed by atoms with Gasteiger partial charge in [-0.2, -0.15) is 0 Å². The lowest BCUT2D eigenvalue weighted by molar-refractivity contribution is -0.130. The first-order chi connectivity index (χ1) is 12.1. The Hall–Kier alpha value is -2.57. The van der Waals surface area contributed by atoms with Crippen LogP contribution in [0.1, 0.15) is 30.4 Å². The second kappa shape index (κ2) is 6.38. The molecule has 0 unspecified atom stereocenters. The van der Waals surface area contributed by atoms with Gasteiger partial charge >= 0.3 is 12.1 Å². The fourth-order valence-corrected chi connectivity index (χ4v) is 3.46. The number of benzene rings is 1. The Morgan fingerprint density at radius 3 is 2.20 bits per heavy atom. The molecule has 2 N–H and O–H groups in total. The number of amides is 5. The largest absolute Gasteiger partial charge is 0.336 e. The molecule has 0 bridgehead atoms. The van der Waals surface area contributed by atoms with Gasteiger partial charge in [0, 0.05) is 32.1 Å². The quantitative estimate of drug-likeness (QED) is 0.849. The van der Waals surface area contributed by atoms with Gasteiger partial charge in [0.05, 0.1) is 6.54 Å². The maximum absolute atomic E-state index is 12.3. The molecule has 2 aliphatic heterocycles. The third-order valence-electron chi connectivity index (χ3n) is 5.12. The Morgan fingerprint density at radius 2 is 1.64 bits per heavy atom. The fraction of sp³-hybridized carbons (Fsp3) is 0.500. The van der Waals surface area contributed by atoms with E-state index in [1.54, 1.807) is 4.90 Å². The number of nitrogens with zero attached hydrogens (tertiary/aromatic N) is 2. The van der Waals surface area contributed by atoms with Crippen molar-refractivity contribution in [3.05, 3.63) is 35.4 Å². The third-order valence-corrected chi connectivity index (χ3v) is 5.12. The van der Waals surface area contributed by atoms with Crippen LogP contribution >= 0.6 is 0 Å². The fourth-order valence-electron chi connectivity index (χ4n) is 3.46. The zero-order valence-corrected chi connectivity index (χ0v) is 14.0. The molecule has 1 atom stereocenters. The number of carbonyl (C=O) groups is 3. The standard InChI is InChI=1S/C18H22N4O3/c23-16-9-15(14-5-6-14)20-18(25)22(16)11-13-3-1-12(2-4-13)10-21-8-7-19-17(21)24/h1-4,14-15H,5-11H2,(H,19,24)(H,20,25)/t15-/m0/s1. The maximum Gasteiger partial charge on any atom is 0.324 e. The summed E-state index contributed by atoms with van der Waals surface area (Å²) in [6, 6.07) is 7.41. The molecule has 132 valence electrons. The van der Waals surface area contributed by atoms with Crippen LogP contribution in [-0.2, 0) is 17.9 Å². The molecule has 0 aromatic heterocycles. The minimum Gasteiger partial charge on any atom is -0.336 e. The van der Waals surface area contributed by atoms with E-state index >= 15 is 0 Å². The molecular weight excluding hydrogens is 320 g/mol. The Kier molecular flexibility index (Phi) is 4.07. The van der Waals surface area contributed by atoms with E-state index < -0.39 is 0 Å². The van der Waals surface area contributed by atoms with E-state index in [0.717, 1.165) is 24.0 Å². The van der Waals surface area contributed by atoms with Crippen molar-refractivity contribution in [2.24, 2.45) is 5.92 Å². The Balaban J connectivity index is 1.36. The molecule has 1 aromatic carbocycles. The summed E-state index contributed by atoms with van der Waals surface area (Å²) < 4.78 is 0. The lowest BCUT2D eigenvalue weighted by Crippen LogP contribution is -2.54. The zero-order chi connectivity index (χ0) is 17.4. The molecular formula is C18H22N4O3. The smallest absolute Gasteiger partial charge is 0.324 e. The molecule has 0 radical (unpaired) electrons. The molecule has 5 amide bonds. The average Bonchev–Trinajstić information content (AvgIpc) is 3.37. The molecule has 2 heterocycles. The van der Waals surface area contributed by atoms with Crippen LogP contribution in [0.3, 0.4) is 0 Å². The summed E-state index contributed by atoms with van der Waals surface area (Å²) >= 11 is 0. The molecule has 7 nitrogen and oxygen atoms in total. The van der Waals surface area contributed by atoms with Crippen LogP contribution in [0.5, 0.6) is 0 Å². The topological polar surface area (TPSA) is 81.8 Å². The summed E-state index contributed by atoms with van der Waals surface area (Å²) in [5.74, 6) is 0.385. The monoisotopic (exact) mass is 342 g/mol. The first-order valence-electron chi connectivity index (χ1n) is 8.81. The normalized spacial score (nSPS) is 23.7. The molecule has 1 aromatic rings. The van der Waals surface area contributed by atoms with E-state index in [9.17, 15) is 14.4 Å². The lowest BCUT2D eigenvalue weighted by Gasteiger charge is -2.31. The number of urea groups is 2. The SMILES string of the molecule is O=C1NCCN1Cc1ccc(CN2C(=O)C[C@@H](C3CC3)NC2=O)cc1. The Morgan fingerprint density at radius 1 is 0.960 bits per heavy atom. The predicted molar refractivity (Wildman–Crippen MR) is 90.5 cm³/mol. The van der Waals surface area contributed by atoms with E-state index in [0.29, 0.717) is 32.0 Å². The predicted octanol–water partition coefficient (Wildman–Crippen LogP) is 1.43. The molecule has 1 aliphatic carbocycles. The molecule has 3 fully saturated rings. The van der Waals surface area contributed by atoms with Crippen molar-refractivity contribution in [1.82, 2.24) is 20.4 Å². The van der Waals surface area contributed by atoms with Crippen molar-refractivity contribution in [2.75, 3.05) is 13.1 Å². The van der Waals surface area contributed by atoms with Gasteiger partial charge in [-0.15, -0.1) is 0 Å². The van der Waals surface area contributed by atoms with Crippen LogP contribution in [-0.4, -0.2) is 46.9 Å². The molecule has 3 aliphatic rings. The maximum atomic E-state index is 12.3. The van der Waals surface area contributed by atoms with Gasteiger partial charge in [-0.1, -0.05) is 24.3 Å². The zero-order valence-electron chi connectivity index (χ0n) is 14.0. The molecule has 2 saturated heterocycles. The van der Waals surface area contributed by atoms with Crippen molar-refractivity contribution in [3.8, 4) is 0 Å². The molecule has 0 spiro atoms. The van der Waals surface area contributed by atoms with E-state index in [-0.39, 0.29) is 30.6 Å². The van der Waals surface area contributed by atoms with Crippen molar-refractivity contribution in [1.29, 1.82) is 0 Å². The van der Waals surface area contributed by atoms with E-state index in [4.69, 9.17) is 0 Å². The first-order valence-corrected chi connectivity index (χ1v) is 8.81. The van der Waals surface area contributed by atoms with Crippen LogP contribution in [0, 0.1) is 5.92 Å². The number of rotatable bonds is 5. The highest BCUT2D eigenvalue weighted by Gasteiger charge is 2.40. The van der Waals surface area contributed by atoms with Gasteiger partial charge < -0.3 is 15.5 Å². The summed E-state index contributed by atoms with van der Waals surface area (Å²) in [6.45, 7) is 2.25. The molecule has 1 saturated carbocycles. The number of hydrogen-bond acceptors (Lipinski definition) is 3. The Bertz CT molecular complexity index is 681. The third kappa shape index (κ3) is 3.45. The second-order valence-electron chi connectivity index (χ2n) is 7.05. The first kappa shape index (κ1) is 15.9. The van der Waals surface area contributed by atoms with Crippen LogP contribution in [0.15, 0.2) is 24.3 Å². The van der Waals surface area contributed by atoms with E-state index in [2.05, 4.69) is 10.6 Å². The van der Waals surface area contributed by atoms with Gasteiger partial charge in [-0.25, -0.2) is 9.59 Å². The lowest BCUT2D eigenvalue weighted by atomic mass is 10.1. The van der Waals surface area contributed by atoms with E-state index in [1.165, 1.54) is 4.90 Å². The summed E-state index contributed by atoms with van der Waals surface area (Å²) in [5, 5.41) is 5.74. The van der Waals surface area contributed by atoms with Crippen LogP contribution in [0.25, 0.3) is 0 Å². The summed E-state index contributed by atoms with van der Waals surface area (Å²) in [4.78, 5) is 39.2. The number of imide groups is 1. The highest BCUT2D eigenvalue weighted by atomic mass is 16.2. The minimum absolute atomic E-state index is 0.0187. The van der Waals surface area contributed by atoms with Gasteiger partial charge in [0.2, 0.25) is 5.91 Å².